The lowest BCUT2D eigenvalue weighted by Gasteiger charge is -2.35. The molecular weight excluding hydrogens is 134 g/mol. The second-order valence-corrected chi connectivity index (χ2v) is 4.39. The van der Waals surface area contributed by atoms with E-state index >= 15 is 0 Å². The van der Waals surface area contributed by atoms with Crippen LogP contribution in [-0.2, 0) is 0 Å². The highest BCUT2D eigenvalue weighted by Gasteiger charge is 2.25. The Morgan fingerprint density at radius 3 is 2.09 bits per heavy atom. The summed E-state index contributed by atoms with van der Waals surface area (Å²) in [5.41, 5.74) is 0. The highest BCUT2D eigenvalue weighted by Crippen LogP contribution is 2.30. The molecule has 1 aliphatic carbocycles. The van der Waals surface area contributed by atoms with Crippen LogP contribution in [-0.4, -0.2) is 25.0 Å². The van der Waals surface area contributed by atoms with Gasteiger partial charge >= 0.3 is 0 Å². The zero-order chi connectivity index (χ0) is 8.43. The van der Waals surface area contributed by atoms with Gasteiger partial charge < -0.3 is 4.90 Å². The zero-order valence-corrected chi connectivity index (χ0v) is 8.30. The number of rotatable bonds is 1. The van der Waals surface area contributed by atoms with Crippen LogP contribution in [0.25, 0.3) is 0 Å². The fourth-order valence-electron chi connectivity index (χ4n) is 1.99. The van der Waals surface area contributed by atoms with Crippen molar-refractivity contribution in [2.24, 2.45) is 11.8 Å². The average molecular weight is 155 g/mol. The molecule has 11 heavy (non-hydrogen) atoms. The minimum absolute atomic E-state index is 0.848. The Morgan fingerprint density at radius 1 is 1.00 bits per heavy atom. The van der Waals surface area contributed by atoms with Crippen molar-refractivity contribution in [2.75, 3.05) is 14.1 Å². The van der Waals surface area contributed by atoms with E-state index < -0.39 is 0 Å². The quantitative estimate of drug-likeness (QED) is 0.562. The van der Waals surface area contributed by atoms with Crippen molar-refractivity contribution in [2.45, 2.75) is 39.2 Å². The topological polar surface area (TPSA) is 3.24 Å². The van der Waals surface area contributed by atoms with E-state index in [9.17, 15) is 0 Å². The van der Waals surface area contributed by atoms with Gasteiger partial charge in [-0.3, -0.25) is 0 Å². The molecular formula is C10H21N. The predicted molar refractivity (Wildman–Crippen MR) is 49.7 cm³/mol. The van der Waals surface area contributed by atoms with Gasteiger partial charge in [0, 0.05) is 6.04 Å². The van der Waals surface area contributed by atoms with Crippen molar-refractivity contribution < 1.29 is 0 Å². The minimum Gasteiger partial charge on any atom is -0.306 e. The number of hydrogen-bond donors (Lipinski definition) is 0. The van der Waals surface area contributed by atoms with E-state index in [0.717, 1.165) is 17.9 Å². The molecule has 0 heterocycles. The third kappa shape index (κ3) is 2.19. The lowest BCUT2D eigenvalue weighted by Crippen LogP contribution is -2.35. The van der Waals surface area contributed by atoms with Crippen LogP contribution in [0.4, 0.5) is 0 Å². The van der Waals surface area contributed by atoms with Crippen LogP contribution in [0.2, 0.25) is 0 Å². The maximum atomic E-state index is 2.39. The van der Waals surface area contributed by atoms with Gasteiger partial charge in [0.2, 0.25) is 0 Å². The SMILES string of the molecule is CC1CCC(N(C)C)CC1C. The van der Waals surface area contributed by atoms with Crippen molar-refractivity contribution in [1.29, 1.82) is 0 Å². The molecule has 0 aliphatic heterocycles. The lowest BCUT2D eigenvalue weighted by atomic mass is 9.79. The zero-order valence-electron chi connectivity index (χ0n) is 8.30. The van der Waals surface area contributed by atoms with Crippen LogP contribution in [0, 0.1) is 11.8 Å². The van der Waals surface area contributed by atoms with Gasteiger partial charge in [0.25, 0.3) is 0 Å². The van der Waals surface area contributed by atoms with Crippen LogP contribution in [0.5, 0.6) is 0 Å². The van der Waals surface area contributed by atoms with E-state index in [2.05, 4.69) is 32.8 Å². The van der Waals surface area contributed by atoms with Crippen LogP contribution in [0.15, 0.2) is 0 Å². The van der Waals surface area contributed by atoms with E-state index in [4.69, 9.17) is 0 Å². The van der Waals surface area contributed by atoms with Crippen LogP contribution < -0.4 is 0 Å². The second kappa shape index (κ2) is 3.57. The predicted octanol–water partition coefficient (Wildman–Crippen LogP) is 2.37. The summed E-state index contributed by atoms with van der Waals surface area (Å²) in [4.78, 5) is 2.38. The van der Waals surface area contributed by atoms with Crippen molar-refractivity contribution in [3.05, 3.63) is 0 Å². The van der Waals surface area contributed by atoms with Crippen molar-refractivity contribution in [1.82, 2.24) is 4.90 Å². The van der Waals surface area contributed by atoms with Crippen LogP contribution >= 0.6 is 0 Å². The Hall–Kier alpha value is -0.0400. The van der Waals surface area contributed by atoms with E-state index in [1.165, 1.54) is 19.3 Å². The van der Waals surface area contributed by atoms with Gasteiger partial charge in [-0.05, 0) is 45.2 Å². The van der Waals surface area contributed by atoms with Gasteiger partial charge in [0.1, 0.15) is 0 Å². The third-order valence-corrected chi connectivity index (χ3v) is 3.30. The molecule has 0 aromatic carbocycles. The fourth-order valence-corrected chi connectivity index (χ4v) is 1.99. The molecule has 0 amide bonds. The number of nitrogens with zero attached hydrogens (tertiary/aromatic N) is 1. The summed E-state index contributed by atoms with van der Waals surface area (Å²) in [5, 5.41) is 0. The smallest absolute Gasteiger partial charge is 0.00919 e. The van der Waals surface area contributed by atoms with Gasteiger partial charge in [0.15, 0.2) is 0 Å². The van der Waals surface area contributed by atoms with Crippen molar-refractivity contribution in [3.8, 4) is 0 Å². The molecule has 1 rings (SSSR count). The van der Waals surface area contributed by atoms with E-state index in [-0.39, 0.29) is 0 Å². The first kappa shape index (κ1) is 9.05. The monoisotopic (exact) mass is 155 g/mol. The van der Waals surface area contributed by atoms with Crippen molar-refractivity contribution >= 4 is 0 Å². The Kier molecular flexibility index (Phi) is 2.94. The second-order valence-electron chi connectivity index (χ2n) is 4.39. The summed E-state index contributed by atoms with van der Waals surface area (Å²) in [5.74, 6) is 1.88. The summed E-state index contributed by atoms with van der Waals surface area (Å²) < 4.78 is 0. The maximum absolute atomic E-state index is 2.39. The van der Waals surface area contributed by atoms with Gasteiger partial charge in [-0.15, -0.1) is 0 Å². The summed E-state index contributed by atoms with van der Waals surface area (Å²) in [7, 11) is 4.40. The molecule has 1 fully saturated rings. The molecule has 0 N–H and O–H groups in total. The van der Waals surface area contributed by atoms with E-state index in [1.807, 2.05) is 0 Å². The summed E-state index contributed by atoms with van der Waals surface area (Å²) in [6.07, 6.45) is 4.22. The summed E-state index contributed by atoms with van der Waals surface area (Å²) >= 11 is 0. The summed E-state index contributed by atoms with van der Waals surface area (Å²) in [6.45, 7) is 4.77. The average Bonchev–Trinajstić information content (AvgIpc) is 1.94. The maximum Gasteiger partial charge on any atom is 0.00919 e. The Bertz CT molecular complexity index is 120. The van der Waals surface area contributed by atoms with Crippen LogP contribution in [0.1, 0.15) is 33.1 Å². The first-order valence-corrected chi connectivity index (χ1v) is 4.77. The molecule has 0 spiro atoms. The van der Waals surface area contributed by atoms with Gasteiger partial charge in [-0.1, -0.05) is 13.8 Å². The first-order chi connectivity index (χ1) is 5.11. The Balaban J connectivity index is 2.40. The first-order valence-electron chi connectivity index (χ1n) is 4.77. The Labute approximate surface area is 70.8 Å². The highest BCUT2D eigenvalue weighted by molar-refractivity contribution is 4.79. The van der Waals surface area contributed by atoms with E-state index in [0.29, 0.717) is 0 Å². The molecule has 0 saturated heterocycles. The van der Waals surface area contributed by atoms with Gasteiger partial charge in [-0.25, -0.2) is 0 Å². The van der Waals surface area contributed by atoms with E-state index in [1.54, 1.807) is 0 Å². The fraction of sp³-hybridized carbons (Fsp3) is 1.00. The van der Waals surface area contributed by atoms with Crippen LogP contribution in [0.3, 0.4) is 0 Å². The van der Waals surface area contributed by atoms with Gasteiger partial charge in [-0.2, -0.15) is 0 Å². The third-order valence-electron chi connectivity index (χ3n) is 3.30. The largest absolute Gasteiger partial charge is 0.306 e. The Morgan fingerprint density at radius 2 is 1.64 bits per heavy atom. The summed E-state index contributed by atoms with van der Waals surface area (Å²) in [6, 6.07) is 0.848. The highest BCUT2D eigenvalue weighted by atomic mass is 15.1. The lowest BCUT2D eigenvalue weighted by molar-refractivity contribution is 0.153. The number of hydrogen-bond acceptors (Lipinski definition) is 1. The molecule has 0 bridgehead atoms. The van der Waals surface area contributed by atoms with Gasteiger partial charge in [0.05, 0.1) is 0 Å². The molecule has 3 atom stereocenters. The molecule has 66 valence electrons. The molecule has 3 unspecified atom stereocenters. The molecule has 1 saturated carbocycles. The molecule has 1 aliphatic rings. The molecule has 0 aromatic heterocycles. The van der Waals surface area contributed by atoms with Crippen molar-refractivity contribution in [3.63, 3.8) is 0 Å². The molecule has 1 heteroatoms. The molecule has 1 nitrogen and oxygen atoms in total. The molecule has 0 radical (unpaired) electrons. The molecule has 0 aromatic rings. The normalized spacial score (nSPS) is 39.5. The standard InChI is InChI=1S/C10H21N/c1-8-5-6-10(11(3)4)7-9(8)2/h8-10H,5-7H2,1-4H3. The minimum atomic E-state index is 0.848.